The maximum absolute atomic E-state index is 12.7. The molecule has 0 bridgehead atoms. The number of hydrogen-bond donors (Lipinski definition) is 2. The van der Waals surface area contributed by atoms with Crippen LogP contribution >= 0.6 is 23.2 Å². The van der Waals surface area contributed by atoms with E-state index >= 15 is 0 Å². The first-order valence-corrected chi connectivity index (χ1v) is 9.62. The van der Waals surface area contributed by atoms with Gasteiger partial charge in [0.05, 0.1) is 11.6 Å². The van der Waals surface area contributed by atoms with E-state index in [0.717, 1.165) is 0 Å². The standard InChI is InChI=1S/C14H18Cl2N4O4S/c1-17-14(22)18-13(21)9-19-4-6-20(7-5-19)25(23,24)12-8-10(15)2-3-11(12)16/h2-3,8H,4-7,9H2,1H3,(H2,17,18,21,22). The summed E-state index contributed by atoms with van der Waals surface area (Å²) in [5, 5.41) is 4.84. The van der Waals surface area contributed by atoms with Crippen LogP contribution in [-0.4, -0.2) is 69.3 Å². The van der Waals surface area contributed by atoms with Crippen LogP contribution in [0.3, 0.4) is 0 Å². The Morgan fingerprint density at radius 2 is 1.80 bits per heavy atom. The van der Waals surface area contributed by atoms with Crippen LogP contribution in [0.5, 0.6) is 0 Å². The maximum atomic E-state index is 12.7. The van der Waals surface area contributed by atoms with Crippen molar-refractivity contribution in [2.75, 3.05) is 39.8 Å². The highest BCUT2D eigenvalue weighted by atomic mass is 35.5. The molecule has 0 unspecified atom stereocenters. The number of urea groups is 1. The predicted molar refractivity (Wildman–Crippen MR) is 94.3 cm³/mol. The van der Waals surface area contributed by atoms with Crippen LogP contribution in [-0.2, 0) is 14.8 Å². The highest BCUT2D eigenvalue weighted by Crippen LogP contribution is 2.28. The van der Waals surface area contributed by atoms with E-state index in [1.807, 2.05) is 0 Å². The molecule has 0 aliphatic carbocycles. The summed E-state index contributed by atoms with van der Waals surface area (Å²) >= 11 is 11.9. The van der Waals surface area contributed by atoms with Crippen molar-refractivity contribution in [3.8, 4) is 0 Å². The summed E-state index contributed by atoms with van der Waals surface area (Å²) < 4.78 is 26.7. The van der Waals surface area contributed by atoms with E-state index < -0.39 is 22.0 Å². The fourth-order valence-corrected chi connectivity index (χ4v) is 4.53. The summed E-state index contributed by atoms with van der Waals surface area (Å²) in [4.78, 5) is 24.5. The van der Waals surface area contributed by atoms with Gasteiger partial charge < -0.3 is 5.32 Å². The lowest BCUT2D eigenvalue weighted by atomic mass is 10.3. The van der Waals surface area contributed by atoms with Gasteiger partial charge in [-0.15, -0.1) is 0 Å². The van der Waals surface area contributed by atoms with Crippen molar-refractivity contribution in [1.82, 2.24) is 19.8 Å². The van der Waals surface area contributed by atoms with Crippen LogP contribution in [0.15, 0.2) is 23.1 Å². The molecule has 1 aliphatic heterocycles. The van der Waals surface area contributed by atoms with Gasteiger partial charge in [0.1, 0.15) is 4.90 Å². The molecule has 1 fully saturated rings. The smallest absolute Gasteiger partial charge is 0.321 e. The Kier molecular flexibility index (Phi) is 6.64. The Morgan fingerprint density at radius 1 is 1.16 bits per heavy atom. The molecule has 0 radical (unpaired) electrons. The van der Waals surface area contributed by atoms with Crippen LogP contribution in [0.1, 0.15) is 0 Å². The third-order valence-corrected chi connectivity index (χ3v) is 6.30. The van der Waals surface area contributed by atoms with Crippen molar-refractivity contribution in [2.24, 2.45) is 0 Å². The number of benzene rings is 1. The van der Waals surface area contributed by atoms with Crippen molar-refractivity contribution in [2.45, 2.75) is 4.90 Å². The Hall–Kier alpha value is -1.39. The van der Waals surface area contributed by atoms with Gasteiger partial charge in [-0.05, 0) is 18.2 Å². The summed E-state index contributed by atoms with van der Waals surface area (Å²) in [5.74, 6) is -0.450. The molecule has 0 aromatic heterocycles. The molecule has 0 saturated carbocycles. The highest BCUT2D eigenvalue weighted by molar-refractivity contribution is 7.89. The second-order valence-corrected chi connectivity index (χ2v) is 8.13. The first-order valence-electron chi connectivity index (χ1n) is 7.43. The molecule has 11 heteroatoms. The minimum Gasteiger partial charge on any atom is -0.341 e. The maximum Gasteiger partial charge on any atom is 0.321 e. The number of nitrogens with zero attached hydrogens (tertiary/aromatic N) is 2. The van der Waals surface area contributed by atoms with Crippen LogP contribution in [0.2, 0.25) is 10.0 Å². The second kappa shape index (κ2) is 8.33. The Bertz CT molecular complexity index is 764. The number of nitrogens with one attached hydrogen (secondary N) is 2. The Labute approximate surface area is 156 Å². The second-order valence-electron chi connectivity index (χ2n) is 5.38. The van der Waals surface area contributed by atoms with Gasteiger partial charge in [0, 0.05) is 38.2 Å². The van der Waals surface area contributed by atoms with Gasteiger partial charge in [-0.1, -0.05) is 23.2 Å². The van der Waals surface area contributed by atoms with Gasteiger partial charge in [0.15, 0.2) is 0 Å². The number of carbonyl (C=O) groups excluding carboxylic acids is 2. The van der Waals surface area contributed by atoms with Gasteiger partial charge in [0.2, 0.25) is 15.9 Å². The molecule has 0 atom stereocenters. The number of amides is 3. The predicted octanol–water partition coefficient (Wildman–Crippen LogP) is 0.755. The normalized spacial score (nSPS) is 16.4. The molecular weight excluding hydrogens is 391 g/mol. The average Bonchev–Trinajstić information content (AvgIpc) is 2.57. The minimum absolute atomic E-state index is 0.0131. The molecule has 3 amide bonds. The van der Waals surface area contributed by atoms with Crippen LogP contribution in [0, 0.1) is 0 Å². The van der Waals surface area contributed by atoms with E-state index in [4.69, 9.17) is 23.2 Å². The minimum atomic E-state index is -3.76. The molecule has 1 aromatic carbocycles. The lowest BCUT2D eigenvalue weighted by Crippen LogP contribution is -2.52. The molecular formula is C14H18Cl2N4O4S. The fraction of sp³-hybridized carbons (Fsp3) is 0.429. The van der Waals surface area contributed by atoms with E-state index in [1.165, 1.54) is 29.6 Å². The Balaban J connectivity index is 1.98. The monoisotopic (exact) mass is 408 g/mol. The first kappa shape index (κ1) is 19.9. The van der Waals surface area contributed by atoms with E-state index in [0.29, 0.717) is 13.1 Å². The molecule has 138 valence electrons. The van der Waals surface area contributed by atoms with Gasteiger partial charge in [-0.25, -0.2) is 13.2 Å². The number of piperazine rings is 1. The average molecular weight is 409 g/mol. The number of sulfonamides is 1. The fourth-order valence-electron chi connectivity index (χ4n) is 2.37. The molecule has 1 aromatic rings. The van der Waals surface area contributed by atoms with E-state index in [-0.39, 0.29) is 34.6 Å². The zero-order chi connectivity index (χ0) is 18.6. The largest absolute Gasteiger partial charge is 0.341 e. The first-order chi connectivity index (χ1) is 11.7. The summed E-state index contributed by atoms with van der Waals surface area (Å²) in [6.07, 6.45) is 0. The van der Waals surface area contributed by atoms with Crippen molar-refractivity contribution >= 4 is 45.2 Å². The van der Waals surface area contributed by atoms with E-state index in [1.54, 1.807) is 4.90 Å². The summed E-state index contributed by atoms with van der Waals surface area (Å²) in [6.45, 7) is 1.15. The van der Waals surface area contributed by atoms with Gasteiger partial charge >= 0.3 is 6.03 Å². The highest BCUT2D eigenvalue weighted by Gasteiger charge is 2.30. The molecule has 8 nitrogen and oxygen atoms in total. The molecule has 25 heavy (non-hydrogen) atoms. The number of rotatable bonds is 4. The molecule has 2 rings (SSSR count). The third kappa shape index (κ3) is 5.05. The van der Waals surface area contributed by atoms with Crippen molar-refractivity contribution in [3.63, 3.8) is 0 Å². The van der Waals surface area contributed by atoms with Crippen LogP contribution < -0.4 is 10.6 Å². The van der Waals surface area contributed by atoms with Gasteiger partial charge in [-0.3, -0.25) is 15.0 Å². The summed E-state index contributed by atoms with van der Waals surface area (Å²) in [7, 11) is -2.35. The van der Waals surface area contributed by atoms with Crippen molar-refractivity contribution in [1.29, 1.82) is 0 Å². The van der Waals surface area contributed by atoms with E-state index in [9.17, 15) is 18.0 Å². The lowest BCUT2D eigenvalue weighted by molar-refractivity contribution is -0.121. The zero-order valence-electron chi connectivity index (χ0n) is 13.5. The topological polar surface area (TPSA) is 98.8 Å². The number of imide groups is 1. The van der Waals surface area contributed by atoms with Gasteiger partial charge in [-0.2, -0.15) is 4.31 Å². The van der Waals surface area contributed by atoms with Gasteiger partial charge in [0.25, 0.3) is 0 Å². The van der Waals surface area contributed by atoms with Crippen LogP contribution in [0.25, 0.3) is 0 Å². The third-order valence-electron chi connectivity index (χ3n) is 3.69. The lowest BCUT2D eigenvalue weighted by Gasteiger charge is -2.33. The molecule has 1 aliphatic rings. The molecule has 0 spiro atoms. The summed E-state index contributed by atoms with van der Waals surface area (Å²) in [6, 6.07) is 3.70. The quantitative estimate of drug-likeness (QED) is 0.765. The molecule has 1 saturated heterocycles. The van der Waals surface area contributed by atoms with Crippen LogP contribution in [0.4, 0.5) is 4.79 Å². The number of hydrogen-bond acceptors (Lipinski definition) is 5. The summed E-state index contributed by atoms with van der Waals surface area (Å²) in [5.41, 5.74) is 0. The molecule has 2 N–H and O–H groups in total. The zero-order valence-corrected chi connectivity index (χ0v) is 15.8. The van der Waals surface area contributed by atoms with Crippen molar-refractivity contribution < 1.29 is 18.0 Å². The van der Waals surface area contributed by atoms with Crippen molar-refractivity contribution in [3.05, 3.63) is 28.2 Å². The number of carbonyl (C=O) groups is 2. The molecule has 1 heterocycles. The Morgan fingerprint density at radius 3 is 2.40 bits per heavy atom. The van der Waals surface area contributed by atoms with E-state index in [2.05, 4.69) is 10.6 Å². The number of halogens is 2. The SMILES string of the molecule is CNC(=O)NC(=O)CN1CCN(S(=O)(=O)c2cc(Cl)ccc2Cl)CC1.